The molecular formula is C20H22BrCl2N3O4S. The molecule has 2 aromatic carbocycles. The summed E-state index contributed by atoms with van der Waals surface area (Å²) in [5.41, 5.74) is 0.904. The fourth-order valence-corrected chi connectivity index (χ4v) is 4.54. The molecule has 1 atom stereocenters. The largest absolute Gasteiger partial charge is 0.357 e. The Morgan fingerprint density at radius 2 is 1.74 bits per heavy atom. The van der Waals surface area contributed by atoms with Crippen molar-refractivity contribution in [1.29, 1.82) is 0 Å². The van der Waals surface area contributed by atoms with Crippen LogP contribution in [-0.2, 0) is 26.2 Å². The van der Waals surface area contributed by atoms with E-state index in [2.05, 4.69) is 21.2 Å². The van der Waals surface area contributed by atoms with Gasteiger partial charge in [0.2, 0.25) is 21.8 Å². The smallest absolute Gasteiger partial charge is 0.244 e. The van der Waals surface area contributed by atoms with Crippen molar-refractivity contribution in [3.05, 3.63) is 62.5 Å². The molecule has 0 aliphatic heterocycles. The standard InChI is InChI=1S/C20H22BrCl2N3O4S/c1-13(20(28)24-2)25(11-14-4-6-15(21)7-5-14)19(27)12-26(31(3,29)30)18-9-8-16(22)10-17(18)23/h4-10,13H,11-12H2,1-3H3,(H,24,28). The van der Waals surface area contributed by atoms with E-state index in [0.717, 1.165) is 20.6 Å². The SMILES string of the molecule is CNC(=O)C(C)N(Cc1ccc(Br)cc1)C(=O)CN(c1ccc(Cl)cc1Cl)S(C)(=O)=O. The lowest BCUT2D eigenvalue weighted by molar-refractivity contribution is -0.139. The normalized spacial score (nSPS) is 12.2. The lowest BCUT2D eigenvalue weighted by Gasteiger charge is -2.31. The van der Waals surface area contributed by atoms with Gasteiger partial charge in [-0.15, -0.1) is 0 Å². The summed E-state index contributed by atoms with van der Waals surface area (Å²) in [5.74, 6) is -0.934. The van der Waals surface area contributed by atoms with Crippen LogP contribution in [0.2, 0.25) is 10.0 Å². The molecule has 0 spiro atoms. The van der Waals surface area contributed by atoms with Crippen molar-refractivity contribution in [1.82, 2.24) is 10.2 Å². The zero-order valence-electron chi connectivity index (χ0n) is 17.1. The van der Waals surface area contributed by atoms with Crippen LogP contribution in [0.5, 0.6) is 0 Å². The van der Waals surface area contributed by atoms with Gasteiger partial charge in [0.15, 0.2) is 0 Å². The Morgan fingerprint density at radius 1 is 1.13 bits per heavy atom. The number of carbonyl (C=O) groups is 2. The first-order valence-electron chi connectivity index (χ1n) is 9.12. The number of amides is 2. The minimum Gasteiger partial charge on any atom is -0.357 e. The Morgan fingerprint density at radius 3 is 2.26 bits per heavy atom. The zero-order valence-corrected chi connectivity index (χ0v) is 21.0. The lowest BCUT2D eigenvalue weighted by Crippen LogP contribution is -2.50. The van der Waals surface area contributed by atoms with Crippen molar-refractivity contribution >= 4 is 66.7 Å². The Kier molecular flexibility index (Phi) is 8.76. The second-order valence-corrected chi connectivity index (χ2v) is 10.5. The first-order valence-corrected chi connectivity index (χ1v) is 12.5. The van der Waals surface area contributed by atoms with E-state index in [-0.39, 0.29) is 23.2 Å². The molecule has 2 amide bonds. The second kappa shape index (κ2) is 10.7. The van der Waals surface area contributed by atoms with Crippen LogP contribution in [0, 0.1) is 0 Å². The molecule has 1 N–H and O–H groups in total. The quantitative estimate of drug-likeness (QED) is 0.543. The number of hydrogen-bond donors (Lipinski definition) is 1. The molecule has 0 saturated carbocycles. The number of anilines is 1. The van der Waals surface area contributed by atoms with Gasteiger partial charge >= 0.3 is 0 Å². The van der Waals surface area contributed by atoms with Crippen molar-refractivity contribution in [2.45, 2.75) is 19.5 Å². The summed E-state index contributed by atoms with van der Waals surface area (Å²) in [6.07, 6.45) is 0.979. The van der Waals surface area contributed by atoms with Crippen LogP contribution in [0.15, 0.2) is 46.9 Å². The number of benzene rings is 2. The molecule has 168 valence electrons. The molecular weight excluding hydrogens is 529 g/mol. The first kappa shape index (κ1) is 25.5. The number of nitrogens with zero attached hydrogens (tertiary/aromatic N) is 2. The Hall–Kier alpha value is -1.81. The molecule has 0 saturated heterocycles. The van der Waals surface area contributed by atoms with Crippen molar-refractivity contribution in [2.24, 2.45) is 0 Å². The summed E-state index contributed by atoms with van der Waals surface area (Å²) in [6.45, 7) is 1.17. The highest BCUT2D eigenvalue weighted by atomic mass is 79.9. The number of sulfonamides is 1. The summed E-state index contributed by atoms with van der Waals surface area (Å²) in [4.78, 5) is 26.8. The van der Waals surface area contributed by atoms with Crippen LogP contribution in [0.25, 0.3) is 0 Å². The van der Waals surface area contributed by atoms with Crippen LogP contribution in [0.4, 0.5) is 5.69 Å². The van der Waals surface area contributed by atoms with Gasteiger partial charge in [-0.1, -0.05) is 51.3 Å². The van der Waals surface area contributed by atoms with Gasteiger partial charge in [-0.2, -0.15) is 0 Å². The average Bonchev–Trinajstić information content (AvgIpc) is 2.70. The Bertz CT molecular complexity index is 1060. The van der Waals surface area contributed by atoms with Crippen LogP contribution >= 0.6 is 39.1 Å². The maximum absolute atomic E-state index is 13.2. The summed E-state index contributed by atoms with van der Waals surface area (Å²) in [7, 11) is -2.39. The third-order valence-electron chi connectivity index (χ3n) is 4.54. The van der Waals surface area contributed by atoms with Crippen LogP contribution in [-0.4, -0.2) is 51.0 Å². The third kappa shape index (κ3) is 6.83. The zero-order chi connectivity index (χ0) is 23.3. The van der Waals surface area contributed by atoms with Gasteiger partial charge in [-0.25, -0.2) is 8.42 Å². The van der Waals surface area contributed by atoms with E-state index in [1.807, 2.05) is 24.3 Å². The molecule has 0 bridgehead atoms. The fourth-order valence-electron chi connectivity index (χ4n) is 2.86. The number of carbonyl (C=O) groups excluding carboxylic acids is 2. The predicted octanol–water partition coefficient (Wildman–Crippen LogP) is 3.69. The van der Waals surface area contributed by atoms with Gasteiger partial charge in [-0.3, -0.25) is 13.9 Å². The molecule has 0 aliphatic rings. The van der Waals surface area contributed by atoms with E-state index in [0.29, 0.717) is 5.02 Å². The highest BCUT2D eigenvalue weighted by molar-refractivity contribution is 9.10. The fraction of sp³-hybridized carbons (Fsp3) is 0.300. The molecule has 1 unspecified atom stereocenters. The van der Waals surface area contributed by atoms with Gasteiger partial charge in [-0.05, 0) is 42.8 Å². The Labute approximate surface area is 200 Å². The molecule has 0 aromatic heterocycles. The van der Waals surface area contributed by atoms with Gasteiger partial charge in [0.05, 0.1) is 17.0 Å². The van der Waals surface area contributed by atoms with Crippen LogP contribution in [0.1, 0.15) is 12.5 Å². The molecule has 31 heavy (non-hydrogen) atoms. The molecule has 2 aromatic rings. The highest BCUT2D eigenvalue weighted by Crippen LogP contribution is 2.30. The average molecular weight is 551 g/mol. The first-order chi connectivity index (χ1) is 14.4. The number of halogens is 3. The molecule has 7 nitrogen and oxygen atoms in total. The molecule has 2 rings (SSSR count). The number of likely N-dealkylation sites (N-methyl/N-ethyl adjacent to an activating group) is 1. The third-order valence-corrected chi connectivity index (χ3v) is 6.73. The maximum atomic E-state index is 13.2. The Balaban J connectivity index is 2.40. The number of rotatable bonds is 8. The van der Waals surface area contributed by atoms with Crippen molar-refractivity contribution in [3.63, 3.8) is 0 Å². The molecule has 0 fully saturated rings. The molecule has 0 radical (unpaired) electrons. The van der Waals surface area contributed by atoms with Crippen LogP contribution in [0.3, 0.4) is 0 Å². The van der Waals surface area contributed by atoms with Gasteiger partial charge < -0.3 is 10.2 Å². The van der Waals surface area contributed by atoms with Crippen molar-refractivity contribution in [3.8, 4) is 0 Å². The van der Waals surface area contributed by atoms with Crippen molar-refractivity contribution in [2.75, 3.05) is 24.2 Å². The summed E-state index contributed by atoms with van der Waals surface area (Å²) in [5, 5.41) is 2.94. The van der Waals surface area contributed by atoms with Gasteiger partial charge in [0.1, 0.15) is 12.6 Å². The van der Waals surface area contributed by atoms with Gasteiger partial charge in [0.25, 0.3) is 0 Å². The predicted molar refractivity (Wildman–Crippen MR) is 127 cm³/mol. The van der Waals surface area contributed by atoms with E-state index in [1.165, 1.54) is 30.1 Å². The molecule has 0 aliphatic carbocycles. The lowest BCUT2D eigenvalue weighted by atomic mass is 10.1. The van der Waals surface area contributed by atoms with E-state index in [9.17, 15) is 18.0 Å². The minimum absolute atomic E-state index is 0.0875. The maximum Gasteiger partial charge on any atom is 0.244 e. The van der Waals surface area contributed by atoms with E-state index >= 15 is 0 Å². The van der Waals surface area contributed by atoms with E-state index in [1.54, 1.807) is 6.92 Å². The second-order valence-electron chi connectivity index (χ2n) is 6.80. The summed E-state index contributed by atoms with van der Waals surface area (Å²) in [6, 6.07) is 10.7. The number of hydrogen-bond acceptors (Lipinski definition) is 4. The highest BCUT2D eigenvalue weighted by Gasteiger charge is 2.30. The van der Waals surface area contributed by atoms with Gasteiger partial charge in [0, 0.05) is 23.1 Å². The van der Waals surface area contributed by atoms with E-state index < -0.39 is 28.5 Å². The minimum atomic E-state index is -3.86. The molecule has 0 heterocycles. The monoisotopic (exact) mass is 549 g/mol. The number of nitrogens with one attached hydrogen (secondary N) is 1. The summed E-state index contributed by atoms with van der Waals surface area (Å²) >= 11 is 15.5. The van der Waals surface area contributed by atoms with Crippen LogP contribution < -0.4 is 9.62 Å². The molecule has 11 heteroatoms. The van der Waals surface area contributed by atoms with Crippen molar-refractivity contribution < 1.29 is 18.0 Å². The topological polar surface area (TPSA) is 86.8 Å². The van der Waals surface area contributed by atoms with E-state index in [4.69, 9.17) is 23.2 Å². The summed E-state index contributed by atoms with van der Waals surface area (Å²) < 4.78 is 26.7.